The predicted molar refractivity (Wildman–Crippen MR) is 95.2 cm³/mol. The molecule has 0 aromatic rings. The Morgan fingerprint density at radius 2 is 1.17 bits per heavy atom. The molecule has 0 amide bonds. The lowest BCUT2D eigenvalue weighted by Crippen LogP contribution is -2.03. The van der Waals surface area contributed by atoms with Gasteiger partial charge in [0.25, 0.3) is 0 Å². The van der Waals surface area contributed by atoms with Crippen LogP contribution in [0, 0.1) is 22.7 Å². The van der Waals surface area contributed by atoms with Gasteiger partial charge in [0.05, 0.1) is 44.8 Å². The number of hydrogen-bond acceptors (Lipinski definition) is 6. The van der Waals surface area contributed by atoms with Crippen LogP contribution in [0.15, 0.2) is 0 Å². The van der Waals surface area contributed by atoms with Gasteiger partial charge in [-0.15, -0.1) is 0 Å². The third kappa shape index (κ3) is 14.8. The molecule has 0 aromatic heterocycles. The smallest absolute Gasteiger partial charge is 0.309 e. The third-order valence-electron chi connectivity index (χ3n) is 3.17. The van der Waals surface area contributed by atoms with E-state index in [1.807, 2.05) is 12.1 Å². The van der Waals surface area contributed by atoms with Gasteiger partial charge in [-0.2, -0.15) is 10.5 Å². The SMILES string of the molecule is CCCCCCCCCCOP(=S)(OCCC#N)OCCC#N. The van der Waals surface area contributed by atoms with E-state index in [4.69, 9.17) is 35.9 Å². The zero-order chi connectivity index (χ0) is 17.2. The molecule has 0 radical (unpaired) electrons. The molecular formula is C16H29N2O3PS. The van der Waals surface area contributed by atoms with Crippen molar-refractivity contribution in [3.63, 3.8) is 0 Å². The molecule has 0 unspecified atom stereocenters. The van der Waals surface area contributed by atoms with E-state index in [2.05, 4.69) is 6.92 Å². The highest BCUT2D eigenvalue weighted by Crippen LogP contribution is 2.50. The Hall–Kier alpha value is -0.490. The molecule has 0 saturated heterocycles. The maximum Gasteiger partial charge on any atom is 0.327 e. The van der Waals surface area contributed by atoms with Gasteiger partial charge in [0.15, 0.2) is 0 Å². The van der Waals surface area contributed by atoms with Crippen LogP contribution < -0.4 is 0 Å². The molecule has 0 heterocycles. The van der Waals surface area contributed by atoms with Crippen molar-refractivity contribution in [2.24, 2.45) is 0 Å². The summed E-state index contributed by atoms with van der Waals surface area (Å²) in [4.78, 5) is 0. The highest BCUT2D eigenvalue weighted by Gasteiger charge is 2.20. The number of nitriles is 2. The molecule has 0 spiro atoms. The minimum atomic E-state index is -2.82. The standard InChI is InChI=1S/C16H29N2O3PS/c1-2-3-4-5-6-7-8-9-14-19-22(23,20-15-10-12-17)21-16-11-13-18/h2-11,14-16H2,1H3. The lowest BCUT2D eigenvalue weighted by atomic mass is 10.1. The minimum Gasteiger partial charge on any atom is -0.309 e. The van der Waals surface area contributed by atoms with Crippen LogP contribution >= 0.6 is 6.72 Å². The van der Waals surface area contributed by atoms with E-state index >= 15 is 0 Å². The molecule has 0 aliphatic rings. The van der Waals surface area contributed by atoms with Gasteiger partial charge in [-0.3, -0.25) is 0 Å². The largest absolute Gasteiger partial charge is 0.327 e. The van der Waals surface area contributed by atoms with Crippen molar-refractivity contribution in [2.45, 2.75) is 71.1 Å². The van der Waals surface area contributed by atoms with Crippen LogP contribution in [0.4, 0.5) is 0 Å². The average Bonchev–Trinajstić information content (AvgIpc) is 2.54. The van der Waals surface area contributed by atoms with E-state index in [1.54, 1.807) is 0 Å². The van der Waals surface area contributed by atoms with Gasteiger partial charge in [-0.05, 0) is 18.2 Å². The van der Waals surface area contributed by atoms with Crippen molar-refractivity contribution in [2.75, 3.05) is 19.8 Å². The van der Waals surface area contributed by atoms with E-state index in [0.29, 0.717) is 6.61 Å². The molecule has 7 heteroatoms. The van der Waals surface area contributed by atoms with E-state index in [1.165, 1.54) is 38.5 Å². The Morgan fingerprint density at radius 3 is 1.65 bits per heavy atom. The molecule has 0 aliphatic heterocycles. The van der Waals surface area contributed by atoms with Gasteiger partial charge >= 0.3 is 6.72 Å². The van der Waals surface area contributed by atoms with Crippen LogP contribution in [0.5, 0.6) is 0 Å². The first-order valence-corrected chi connectivity index (χ1v) is 11.0. The molecule has 5 nitrogen and oxygen atoms in total. The van der Waals surface area contributed by atoms with Crippen LogP contribution in [0.25, 0.3) is 0 Å². The topological polar surface area (TPSA) is 75.3 Å². The zero-order valence-corrected chi connectivity index (χ0v) is 15.9. The summed E-state index contributed by atoms with van der Waals surface area (Å²) in [6, 6.07) is 3.99. The van der Waals surface area contributed by atoms with Crippen molar-refractivity contribution in [3.05, 3.63) is 0 Å². The first-order chi connectivity index (χ1) is 11.2. The zero-order valence-electron chi connectivity index (χ0n) is 14.2. The summed E-state index contributed by atoms with van der Waals surface area (Å²) < 4.78 is 16.5. The Bertz CT molecular complexity index is 383. The highest BCUT2D eigenvalue weighted by atomic mass is 32.5. The quantitative estimate of drug-likeness (QED) is 0.277. The lowest BCUT2D eigenvalue weighted by molar-refractivity contribution is 0.158. The van der Waals surface area contributed by atoms with Crippen LogP contribution in [-0.4, -0.2) is 19.8 Å². The monoisotopic (exact) mass is 360 g/mol. The second-order valence-corrected chi connectivity index (χ2v) is 8.25. The molecular weight excluding hydrogens is 331 g/mol. The molecule has 0 saturated carbocycles. The molecule has 0 N–H and O–H groups in total. The summed E-state index contributed by atoms with van der Waals surface area (Å²) >= 11 is 5.30. The number of rotatable bonds is 16. The van der Waals surface area contributed by atoms with Gasteiger partial charge in [0, 0.05) is 0 Å². The number of nitrogens with zero attached hydrogens (tertiary/aromatic N) is 2. The molecule has 0 aromatic carbocycles. The van der Waals surface area contributed by atoms with Crippen molar-refractivity contribution in [3.8, 4) is 12.1 Å². The first kappa shape index (κ1) is 22.5. The summed E-state index contributed by atoms with van der Waals surface area (Å²) in [6.45, 7) is 0.321. The van der Waals surface area contributed by atoms with E-state index in [9.17, 15) is 0 Å². The Labute approximate surface area is 146 Å². The summed E-state index contributed by atoms with van der Waals surface area (Å²) in [7, 11) is 0. The second-order valence-electron chi connectivity index (χ2n) is 5.24. The van der Waals surface area contributed by atoms with Gasteiger partial charge in [0.1, 0.15) is 0 Å². The van der Waals surface area contributed by atoms with Gasteiger partial charge in [0.2, 0.25) is 0 Å². The minimum absolute atomic E-state index is 0.206. The molecule has 0 atom stereocenters. The first-order valence-electron chi connectivity index (χ1n) is 8.46. The predicted octanol–water partition coefficient (Wildman–Crippen LogP) is 5.23. The Morgan fingerprint density at radius 1 is 0.739 bits per heavy atom. The van der Waals surface area contributed by atoms with Crippen molar-refractivity contribution >= 4 is 18.5 Å². The molecule has 0 fully saturated rings. The van der Waals surface area contributed by atoms with Crippen molar-refractivity contribution < 1.29 is 13.6 Å². The fourth-order valence-corrected chi connectivity index (χ4v) is 3.81. The summed E-state index contributed by atoms with van der Waals surface area (Å²) in [5.41, 5.74) is 0. The van der Waals surface area contributed by atoms with Crippen LogP contribution in [0.3, 0.4) is 0 Å². The molecule has 0 bridgehead atoms. The van der Waals surface area contributed by atoms with Crippen LogP contribution in [0.1, 0.15) is 71.1 Å². The highest BCUT2D eigenvalue weighted by molar-refractivity contribution is 8.07. The normalized spacial score (nSPS) is 11.1. The van der Waals surface area contributed by atoms with Crippen LogP contribution in [-0.2, 0) is 25.4 Å². The summed E-state index contributed by atoms with van der Waals surface area (Å²) in [5.74, 6) is 0. The van der Waals surface area contributed by atoms with E-state index < -0.39 is 6.72 Å². The van der Waals surface area contributed by atoms with Gasteiger partial charge in [-0.1, -0.05) is 51.9 Å². The fourth-order valence-electron chi connectivity index (χ4n) is 1.93. The Balaban J connectivity index is 3.84. The number of unbranched alkanes of at least 4 members (excludes halogenated alkanes) is 7. The summed E-state index contributed by atoms with van der Waals surface area (Å²) in [5, 5.41) is 17.1. The van der Waals surface area contributed by atoms with Gasteiger partial charge < -0.3 is 13.6 Å². The lowest BCUT2D eigenvalue weighted by Gasteiger charge is -2.21. The van der Waals surface area contributed by atoms with Crippen molar-refractivity contribution in [1.82, 2.24) is 0 Å². The number of hydrogen-bond donors (Lipinski definition) is 0. The average molecular weight is 360 g/mol. The Kier molecular flexibility index (Phi) is 16.0. The molecule has 0 aliphatic carbocycles. The molecule has 0 rings (SSSR count). The van der Waals surface area contributed by atoms with Crippen LogP contribution in [0.2, 0.25) is 0 Å². The summed E-state index contributed by atoms with van der Waals surface area (Å²) in [6.07, 6.45) is 10.2. The molecule has 23 heavy (non-hydrogen) atoms. The second kappa shape index (κ2) is 16.4. The molecule has 132 valence electrons. The maximum absolute atomic E-state index is 8.55. The van der Waals surface area contributed by atoms with E-state index in [-0.39, 0.29) is 26.1 Å². The third-order valence-corrected chi connectivity index (χ3v) is 5.62. The van der Waals surface area contributed by atoms with Gasteiger partial charge in [-0.25, -0.2) is 0 Å². The van der Waals surface area contributed by atoms with Crippen molar-refractivity contribution in [1.29, 1.82) is 10.5 Å². The maximum atomic E-state index is 8.55. The van der Waals surface area contributed by atoms with E-state index in [0.717, 1.165) is 12.8 Å². The fraction of sp³-hybridized carbons (Fsp3) is 0.875.